The smallest absolute Gasteiger partial charge is 0.328 e. The van der Waals surface area contributed by atoms with Crippen molar-refractivity contribution in [2.45, 2.75) is 35.3 Å². The first kappa shape index (κ1) is 26.9. The molecule has 0 radical (unpaired) electrons. The number of carbonyl (C=O) groups excluding carboxylic acids is 2. The minimum absolute atomic E-state index is 0.0582. The maximum atomic E-state index is 13.6. The third kappa shape index (κ3) is 4.88. The van der Waals surface area contributed by atoms with Crippen LogP contribution in [0.3, 0.4) is 0 Å². The van der Waals surface area contributed by atoms with Gasteiger partial charge < -0.3 is 23.8 Å². The molecular weight excluding hydrogens is 516 g/mol. The van der Waals surface area contributed by atoms with E-state index in [9.17, 15) is 18.0 Å². The highest BCUT2D eigenvalue weighted by atomic mass is 32.2. The van der Waals surface area contributed by atoms with Crippen LogP contribution in [0.25, 0.3) is 0 Å². The lowest BCUT2D eigenvalue weighted by Crippen LogP contribution is -2.41. The lowest BCUT2D eigenvalue weighted by molar-refractivity contribution is -0.145. The highest BCUT2D eigenvalue weighted by Crippen LogP contribution is 2.39. The van der Waals surface area contributed by atoms with Crippen LogP contribution in [0, 0.1) is 6.92 Å². The Morgan fingerprint density at radius 3 is 2.16 bits per heavy atom. The molecule has 1 amide bonds. The van der Waals surface area contributed by atoms with E-state index in [4.69, 9.17) is 18.9 Å². The van der Waals surface area contributed by atoms with Crippen LogP contribution in [-0.4, -0.2) is 81.2 Å². The van der Waals surface area contributed by atoms with Crippen LogP contribution >= 0.6 is 0 Å². The summed E-state index contributed by atoms with van der Waals surface area (Å²) in [6.45, 7) is 1.91. The number of benzene rings is 2. The zero-order valence-electron chi connectivity index (χ0n) is 21.6. The highest BCUT2D eigenvalue weighted by Gasteiger charge is 2.42. The van der Waals surface area contributed by atoms with Crippen molar-refractivity contribution in [1.29, 1.82) is 0 Å². The molecule has 202 valence electrons. The van der Waals surface area contributed by atoms with Crippen molar-refractivity contribution in [2.75, 3.05) is 35.0 Å². The average Bonchev–Trinajstić information content (AvgIpc) is 3.60. The van der Waals surface area contributed by atoms with Crippen molar-refractivity contribution in [3.8, 4) is 17.2 Å². The fourth-order valence-electron chi connectivity index (χ4n) is 4.36. The zero-order valence-corrected chi connectivity index (χ0v) is 22.4. The van der Waals surface area contributed by atoms with Crippen molar-refractivity contribution in [1.82, 2.24) is 19.9 Å². The molecule has 13 heteroatoms. The maximum Gasteiger partial charge on any atom is 0.328 e. The molecule has 0 N–H and O–H groups in total. The molecule has 2 heterocycles. The monoisotopic (exact) mass is 544 g/mol. The fraction of sp³-hybridized carbons (Fsp3) is 0.360. The molecule has 3 aromatic rings. The van der Waals surface area contributed by atoms with Gasteiger partial charge in [-0.25, -0.2) is 17.9 Å². The van der Waals surface area contributed by atoms with Gasteiger partial charge in [0.2, 0.25) is 20.6 Å². The molecule has 1 aliphatic heterocycles. The summed E-state index contributed by atoms with van der Waals surface area (Å²) in [4.78, 5) is 27.7. The number of hydrogen-bond donors (Lipinski definition) is 0. The van der Waals surface area contributed by atoms with E-state index in [1.165, 1.54) is 68.5 Å². The molecule has 1 saturated heterocycles. The predicted molar refractivity (Wildman–Crippen MR) is 133 cm³/mol. The lowest BCUT2D eigenvalue weighted by atomic mass is 10.1. The number of nitrogens with zero attached hydrogens (tertiary/aromatic N) is 4. The Labute approximate surface area is 220 Å². The molecule has 0 saturated carbocycles. The average molecular weight is 545 g/mol. The van der Waals surface area contributed by atoms with E-state index in [2.05, 4.69) is 10.3 Å². The first-order valence-electron chi connectivity index (χ1n) is 11.6. The standard InChI is InChI=1S/C25H28N4O8S/c1-15-6-8-18(9-7-15)38(32,33)22-14-29(27-26-22)17-12-19(25(31)37-5)28(13-17)24(30)16-10-20(34-2)23(36-4)21(11-16)35-3/h6-11,14,17,19H,12-13H2,1-5H3. The first-order valence-corrected chi connectivity index (χ1v) is 13.0. The molecule has 1 aliphatic rings. The second-order valence-electron chi connectivity index (χ2n) is 8.65. The van der Waals surface area contributed by atoms with Crippen LogP contribution < -0.4 is 14.2 Å². The number of carbonyl (C=O) groups is 2. The number of sulfone groups is 1. The molecule has 0 bridgehead atoms. The molecule has 2 atom stereocenters. The first-order chi connectivity index (χ1) is 18.1. The van der Waals surface area contributed by atoms with Gasteiger partial charge >= 0.3 is 5.97 Å². The number of ether oxygens (including phenoxy) is 4. The number of aryl methyl sites for hydroxylation is 1. The quantitative estimate of drug-likeness (QED) is 0.387. The van der Waals surface area contributed by atoms with Gasteiger partial charge in [-0.15, -0.1) is 5.10 Å². The second kappa shape index (κ2) is 10.7. The van der Waals surface area contributed by atoms with Gasteiger partial charge in [-0.2, -0.15) is 0 Å². The molecule has 0 spiro atoms. The van der Waals surface area contributed by atoms with Gasteiger partial charge in [0.25, 0.3) is 5.91 Å². The second-order valence-corrected chi connectivity index (χ2v) is 10.5. The number of amides is 1. The van der Waals surface area contributed by atoms with Crippen molar-refractivity contribution in [3.05, 3.63) is 53.7 Å². The summed E-state index contributed by atoms with van der Waals surface area (Å²) in [7, 11) is 1.65. The third-order valence-corrected chi connectivity index (χ3v) is 8.03. The summed E-state index contributed by atoms with van der Waals surface area (Å²) in [6.07, 6.45) is 1.46. The summed E-state index contributed by atoms with van der Waals surface area (Å²) in [5.74, 6) is -0.207. The van der Waals surface area contributed by atoms with Crippen molar-refractivity contribution in [3.63, 3.8) is 0 Å². The van der Waals surface area contributed by atoms with Crippen LogP contribution in [0.15, 0.2) is 52.5 Å². The minimum atomic E-state index is -3.90. The van der Waals surface area contributed by atoms with Crippen LogP contribution in [-0.2, 0) is 19.4 Å². The van der Waals surface area contributed by atoms with Gasteiger partial charge in [0.15, 0.2) is 11.5 Å². The van der Waals surface area contributed by atoms with E-state index in [1.807, 2.05) is 6.92 Å². The topological polar surface area (TPSA) is 139 Å². The van der Waals surface area contributed by atoms with Gasteiger partial charge in [-0.3, -0.25) is 4.79 Å². The largest absolute Gasteiger partial charge is 0.493 e. The summed E-state index contributed by atoms with van der Waals surface area (Å²) in [6, 6.07) is 7.93. The predicted octanol–water partition coefficient (Wildman–Crippen LogP) is 2.07. The molecule has 4 rings (SSSR count). The van der Waals surface area contributed by atoms with E-state index in [0.717, 1.165) is 5.56 Å². The zero-order chi connectivity index (χ0) is 27.6. The highest BCUT2D eigenvalue weighted by molar-refractivity contribution is 7.91. The van der Waals surface area contributed by atoms with Gasteiger partial charge in [0.05, 0.1) is 45.6 Å². The van der Waals surface area contributed by atoms with Gasteiger partial charge in [-0.1, -0.05) is 22.9 Å². The fourth-order valence-corrected chi connectivity index (χ4v) is 5.49. The van der Waals surface area contributed by atoms with Crippen molar-refractivity contribution in [2.24, 2.45) is 0 Å². The summed E-state index contributed by atoms with van der Waals surface area (Å²) >= 11 is 0. The summed E-state index contributed by atoms with van der Waals surface area (Å²) < 4.78 is 48.4. The SMILES string of the molecule is COC(=O)C1CC(n2cc(S(=O)(=O)c3ccc(C)cc3)nn2)CN1C(=O)c1cc(OC)c(OC)c(OC)c1. The summed E-state index contributed by atoms with van der Waals surface area (Å²) in [5, 5.41) is 7.65. The molecule has 2 aromatic carbocycles. The number of esters is 1. The van der Waals surface area contributed by atoms with Crippen LogP contribution in [0.1, 0.15) is 28.4 Å². The van der Waals surface area contributed by atoms with E-state index < -0.39 is 33.8 Å². The van der Waals surface area contributed by atoms with Crippen molar-refractivity contribution >= 4 is 21.7 Å². The van der Waals surface area contributed by atoms with Crippen LogP contribution in [0.5, 0.6) is 17.2 Å². The number of rotatable bonds is 8. The summed E-state index contributed by atoms with van der Waals surface area (Å²) in [5.41, 5.74) is 1.12. The molecule has 12 nitrogen and oxygen atoms in total. The van der Waals surface area contributed by atoms with Crippen LogP contribution in [0.4, 0.5) is 0 Å². The Balaban J connectivity index is 1.65. The van der Waals surface area contributed by atoms with Crippen molar-refractivity contribution < 1.29 is 37.0 Å². The molecule has 1 aromatic heterocycles. The van der Waals surface area contributed by atoms with Gasteiger partial charge in [0, 0.05) is 18.5 Å². The van der Waals surface area contributed by atoms with Crippen LogP contribution in [0.2, 0.25) is 0 Å². The molecular formula is C25H28N4O8S. The minimum Gasteiger partial charge on any atom is -0.493 e. The Kier molecular flexibility index (Phi) is 7.58. The Bertz CT molecular complexity index is 1430. The number of aromatic nitrogens is 3. The molecule has 2 unspecified atom stereocenters. The van der Waals surface area contributed by atoms with E-state index >= 15 is 0 Å². The normalized spacial score (nSPS) is 17.2. The molecule has 1 fully saturated rings. The number of hydrogen-bond acceptors (Lipinski definition) is 10. The third-order valence-electron chi connectivity index (χ3n) is 6.39. The van der Waals surface area contributed by atoms with E-state index in [1.54, 1.807) is 12.1 Å². The Morgan fingerprint density at radius 1 is 0.974 bits per heavy atom. The number of methoxy groups -OCH3 is 4. The van der Waals surface area contributed by atoms with Gasteiger partial charge in [0.1, 0.15) is 6.04 Å². The lowest BCUT2D eigenvalue weighted by Gasteiger charge is -2.23. The molecule has 38 heavy (non-hydrogen) atoms. The van der Waals surface area contributed by atoms with E-state index in [0.29, 0.717) is 5.75 Å². The Hall–Kier alpha value is -4.13. The Morgan fingerprint density at radius 2 is 1.61 bits per heavy atom. The molecule has 0 aliphatic carbocycles. The maximum absolute atomic E-state index is 13.6. The van der Waals surface area contributed by atoms with E-state index in [-0.39, 0.29) is 39.9 Å². The number of likely N-dealkylation sites (tertiary alicyclic amines) is 1. The van der Waals surface area contributed by atoms with Gasteiger partial charge in [-0.05, 0) is 31.2 Å².